The molecule has 0 aliphatic heterocycles. The van der Waals surface area contributed by atoms with Crippen molar-refractivity contribution >= 4 is 11.8 Å². The Bertz CT molecular complexity index is 311. The van der Waals surface area contributed by atoms with Crippen LogP contribution in [0.3, 0.4) is 0 Å². The van der Waals surface area contributed by atoms with Crippen molar-refractivity contribution in [1.82, 2.24) is 5.32 Å². The van der Waals surface area contributed by atoms with E-state index in [4.69, 9.17) is 5.11 Å². The van der Waals surface area contributed by atoms with E-state index in [9.17, 15) is 0 Å². The third kappa shape index (κ3) is 5.11. The lowest BCUT2D eigenvalue weighted by molar-refractivity contribution is 0.244. The Kier molecular flexibility index (Phi) is 6.63. The molecular formula is C14H23NOS. The Hall–Kier alpha value is -0.510. The molecule has 96 valence electrons. The van der Waals surface area contributed by atoms with Crippen LogP contribution in [0.4, 0.5) is 0 Å². The van der Waals surface area contributed by atoms with Gasteiger partial charge in [0.2, 0.25) is 0 Å². The zero-order chi connectivity index (χ0) is 12.7. The van der Waals surface area contributed by atoms with Crippen LogP contribution in [0.2, 0.25) is 0 Å². The number of thioether (sulfide) groups is 1. The van der Waals surface area contributed by atoms with Crippen molar-refractivity contribution in [1.29, 1.82) is 0 Å². The Morgan fingerprint density at radius 1 is 1.24 bits per heavy atom. The minimum Gasteiger partial charge on any atom is -0.396 e. The zero-order valence-corrected chi connectivity index (χ0v) is 11.8. The van der Waals surface area contributed by atoms with Gasteiger partial charge < -0.3 is 10.4 Å². The third-order valence-electron chi connectivity index (χ3n) is 2.97. The fourth-order valence-electron chi connectivity index (χ4n) is 1.80. The summed E-state index contributed by atoms with van der Waals surface area (Å²) in [4.78, 5) is 1.30. The predicted octanol–water partition coefficient (Wildman–Crippen LogP) is 2.91. The maximum absolute atomic E-state index is 9.01. The highest BCUT2D eigenvalue weighted by Crippen LogP contribution is 2.15. The molecule has 0 amide bonds. The second-order valence-corrected chi connectivity index (χ2v) is 5.47. The predicted molar refractivity (Wildman–Crippen MR) is 75.4 cm³/mol. The molecular weight excluding hydrogens is 230 g/mol. The van der Waals surface area contributed by atoms with Crippen molar-refractivity contribution in [3.8, 4) is 0 Å². The van der Waals surface area contributed by atoms with Crippen LogP contribution in [0.5, 0.6) is 0 Å². The van der Waals surface area contributed by atoms with Gasteiger partial charge in [0, 0.05) is 24.1 Å². The summed E-state index contributed by atoms with van der Waals surface area (Å²) in [7, 11) is 0. The van der Waals surface area contributed by atoms with Crippen molar-refractivity contribution in [2.75, 3.05) is 12.9 Å². The van der Waals surface area contributed by atoms with E-state index in [-0.39, 0.29) is 6.61 Å². The summed E-state index contributed by atoms with van der Waals surface area (Å²) >= 11 is 1.76. The first kappa shape index (κ1) is 14.6. The lowest BCUT2D eigenvalue weighted by Crippen LogP contribution is -2.34. The molecule has 17 heavy (non-hydrogen) atoms. The summed E-state index contributed by atoms with van der Waals surface area (Å²) in [6.07, 6.45) is 2.91. The molecule has 0 saturated carbocycles. The van der Waals surface area contributed by atoms with Gasteiger partial charge in [-0.05, 0) is 36.3 Å². The van der Waals surface area contributed by atoms with Crippen molar-refractivity contribution < 1.29 is 5.11 Å². The molecule has 0 aliphatic rings. The van der Waals surface area contributed by atoms with Crippen molar-refractivity contribution in [2.45, 2.75) is 37.8 Å². The number of aliphatic hydroxyl groups excluding tert-OH is 1. The number of hydrogen-bond donors (Lipinski definition) is 2. The molecule has 0 heterocycles. The average Bonchev–Trinajstić information content (AvgIpc) is 2.34. The highest BCUT2D eigenvalue weighted by molar-refractivity contribution is 7.98. The molecule has 2 nitrogen and oxygen atoms in total. The smallest absolute Gasteiger partial charge is 0.0445 e. The largest absolute Gasteiger partial charge is 0.396 e. The Balaban J connectivity index is 2.47. The van der Waals surface area contributed by atoms with Crippen LogP contribution in [0.25, 0.3) is 0 Å². The van der Waals surface area contributed by atoms with E-state index in [2.05, 4.69) is 49.7 Å². The molecule has 0 aliphatic carbocycles. The molecule has 2 N–H and O–H groups in total. The zero-order valence-electron chi connectivity index (χ0n) is 10.9. The van der Waals surface area contributed by atoms with Crippen LogP contribution >= 0.6 is 11.8 Å². The molecule has 3 heteroatoms. The summed E-state index contributed by atoms with van der Waals surface area (Å²) in [5, 5.41) is 12.5. The number of aliphatic hydroxyl groups is 1. The maximum atomic E-state index is 9.01. The molecule has 0 spiro atoms. The van der Waals surface area contributed by atoms with Gasteiger partial charge in [0.15, 0.2) is 0 Å². The highest BCUT2D eigenvalue weighted by Gasteiger charge is 2.11. The molecule has 0 radical (unpaired) electrons. The van der Waals surface area contributed by atoms with Gasteiger partial charge in [-0.3, -0.25) is 0 Å². The van der Waals surface area contributed by atoms with Crippen LogP contribution < -0.4 is 5.32 Å². The fraction of sp³-hybridized carbons (Fsp3) is 0.571. The number of rotatable bonds is 7. The average molecular weight is 253 g/mol. The van der Waals surface area contributed by atoms with Crippen LogP contribution in [-0.4, -0.2) is 24.0 Å². The van der Waals surface area contributed by atoms with E-state index in [1.54, 1.807) is 11.8 Å². The van der Waals surface area contributed by atoms with Crippen molar-refractivity contribution in [3.05, 3.63) is 29.8 Å². The summed E-state index contributed by atoms with van der Waals surface area (Å²) in [6, 6.07) is 9.01. The van der Waals surface area contributed by atoms with Gasteiger partial charge in [0.1, 0.15) is 0 Å². The summed E-state index contributed by atoms with van der Waals surface area (Å²) in [5.41, 5.74) is 1.30. The molecule has 0 fully saturated rings. The van der Waals surface area contributed by atoms with E-state index in [0.29, 0.717) is 12.0 Å². The molecule has 1 unspecified atom stereocenters. The lowest BCUT2D eigenvalue weighted by Gasteiger charge is -2.21. The van der Waals surface area contributed by atoms with E-state index in [1.165, 1.54) is 10.5 Å². The van der Waals surface area contributed by atoms with Gasteiger partial charge in [-0.25, -0.2) is 0 Å². The van der Waals surface area contributed by atoms with E-state index < -0.39 is 0 Å². The fourth-order valence-corrected chi connectivity index (χ4v) is 2.21. The van der Waals surface area contributed by atoms with E-state index in [1.807, 2.05) is 0 Å². The van der Waals surface area contributed by atoms with Crippen LogP contribution in [0.15, 0.2) is 29.2 Å². The van der Waals surface area contributed by atoms with E-state index >= 15 is 0 Å². The second kappa shape index (κ2) is 7.75. The Labute approximate surface area is 109 Å². The van der Waals surface area contributed by atoms with Gasteiger partial charge in [0.25, 0.3) is 0 Å². The van der Waals surface area contributed by atoms with E-state index in [0.717, 1.165) is 13.0 Å². The molecule has 0 bridgehead atoms. The molecule has 0 aromatic heterocycles. The standard InChI is InChI=1S/C14H23NOS/c1-11(2)14(8-9-16)15-10-12-4-6-13(17-3)7-5-12/h4-7,11,14-16H,8-10H2,1-3H3. The topological polar surface area (TPSA) is 32.3 Å². The monoisotopic (exact) mass is 253 g/mol. The minimum absolute atomic E-state index is 0.251. The number of hydrogen-bond acceptors (Lipinski definition) is 3. The number of nitrogens with one attached hydrogen (secondary N) is 1. The van der Waals surface area contributed by atoms with Gasteiger partial charge in [0.05, 0.1) is 0 Å². The molecule has 1 rings (SSSR count). The van der Waals surface area contributed by atoms with Gasteiger partial charge >= 0.3 is 0 Å². The third-order valence-corrected chi connectivity index (χ3v) is 3.72. The normalized spacial score (nSPS) is 13.0. The lowest BCUT2D eigenvalue weighted by atomic mass is 10.0. The summed E-state index contributed by atoms with van der Waals surface area (Å²) in [6.45, 7) is 5.49. The summed E-state index contributed by atoms with van der Waals surface area (Å²) < 4.78 is 0. The van der Waals surface area contributed by atoms with Gasteiger partial charge in [-0.1, -0.05) is 26.0 Å². The molecule has 1 aromatic rings. The Morgan fingerprint density at radius 2 is 1.88 bits per heavy atom. The SMILES string of the molecule is CSc1ccc(CNC(CCO)C(C)C)cc1. The quantitative estimate of drug-likeness (QED) is 0.733. The molecule has 0 saturated heterocycles. The Morgan fingerprint density at radius 3 is 2.35 bits per heavy atom. The summed E-state index contributed by atoms with van der Waals surface area (Å²) in [5.74, 6) is 0.549. The van der Waals surface area contributed by atoms with Gasteiger partial charge in [-0.2, -0.15) is 0 Å². The maximum Gasteiger partial charge on any atom is 0.0445 e. The van der Waals surface area contributed by atoms with Crippen LogP contribution in [-0.2, 0) is 6.54 Å². The van der Waals surface area contributed by atoms with Crippen LogP contribution in [0, 0.1) is 5.92 Å². The first-order valence-electron chi connectivity index (χ1n) is 6.14. The molecule has 1 aromatic carbocycles. The van der Waals surface area contributed by atoms with Gasteiger partial charge in [-0.15, -0.1) is 11.8 Å². The minimum atomic E-state index is 0.251. The highest BCUT2D eigenvalue weighted by atomic mass is 32.2. The van der Waals surface area contributed by atoms with Crippen molar-refractivity contribution in [2.24, 2.45) is 5.92 Å². The van der Waals surface area contributed by atoms with Crippen molar-refractivity contribution in [3.63, 3.8) is 0 Å². The first-order valence-corrected chi connectivity index (χ1v) is 7.37. The molecule has 1 atom stereocenters. The number of benzene rings is 1. The first-order chi connectivity index (χ1) is 8.17. The second-order valence-electron chi connectivity index (χ2n) is 4.59. The van der Waals surface area contributed by atoms with Crippen LogP contribution in [0.1, 0.15) is 25.8 Å².